The highest BCUT2D eigenvalue weighted by atomic mass is 35.5. The number of aromatic nitrogens is 3. The Bertz CT molecular complexity index is 1140. The van der Waals surface area contributed by atoms with Gasteiger partial charge in [-0.15, -0.1) is 0 Å². The molecule has 0 fully saturated rings. The van der Waals surface area contributed by atoms with Crippen molar-refractivity contribution in [2.24, 2.45) is 0 Å². The molecular weight excluding hydrogens is 401 g/mol. The summed E-state index contributed by atoms with van der Waals surface area (Å²) in [6.45, 7) is 1.41. The molecular formula is C15H11ClFN5O4S. The monoisotopic (exact) mass is 411 g/mol. The van der Waals surface area contributed by atoms with Gasteiger partial charge in [-0.25, -0.2) is 22.5 Å². The molecule has 0 bridgehead atoms. The number of benzene rings is 2. The van der Waals surface area contributed by atoms with Crippen LogP contribution in [0.1, 0.15) is 5.56 Å². The summed E-state index contributed by atoms with van der Waals surface area (Å²) < 4.78 is 42.6. The van der Waals surface area contributed by atoms with Crippen LogP contribution in [0.3, 0.4) is 0 Å². The van der Waals surface area contributed by atoms with E-state index in [0.29, 0.717) is 0 Å². The molecule has 0 amide bonds. The zero-order valence-electron chi connectivity index (χ0n) is 13.6. The Morgan fingerprint density at radius 2 is 2.04 bits per heavy atom. The van der Waals surface area contributed by atoms with Crippen molar-refractivity contribution in [2.45, 2.75) is 11.8 Å². The molecule has 0 saturated carbocycles. The zero-order valence-corrected chi connectivity index (χ0v) is 15.2. The van der Waals surface area contributed by atoms with Gasteiger partial charge in [-0.3, -0.25) is 14.8 Å². The zero-order chi connectivity index (χ0) is 19.8. The smallest absolute Gasteiger partial charge is 0.275 e. The molecule has 0 unspecified atom stereocenters. The van der Waals surface area contributed by atoms with E-state index < -0.39 is 31.3 Å². The molecule has 27 heavy (non-hydrogen) atoms. The second kappa shape index (κ2) is 6.93. The largest absolute Gasteiger partial charge is 0.280 e. The first-order valence-corrected chi connectivity index (χ1v) is 9.17. The summed E-state index contributed by atoms with van der Waals surface area (Å²) in [4.78, 5) is 13.6. The number of hydrogen-bond acceptors (Lipinski definition) is 6. The van der Waals surface area contributed by atoms with Crippen LogP contribution in [-0.4, -0.2) is 28.1 Å². The lowest BCUT2D eigenvalue weighted by Crippen LogP contribution is -2.14. The molecule has 3 aromatic rings. The molecule has 9 nitrogen and oxygen atoms in total. The molecule has 0 spiro atoms. The van der Waals surface area contributed by atoms with Crippen LogP contribution in [-0.2, 0) is 10.0 Å². The Labute approximate surface area is 157 Å². The van der Waals surface area contributed by atoms with Crippen LogP contribution in [0.4, 0.5) is 15.8 Å². The third kappa shape index (κ3) is 3.73. The molecule has 0 aliphatic heterocycles. The Morgan fingerprint density at radius 3 is 2.63 bits per heavy atom. The fourth-order valence-electron chi connectivity index (χ4n) is 2.29. The predicted molar refractivity (Wildman–Crippen MR) is 95.0 cm³/mol. The summed E-state index contributed by atoms with van der Waals surface area (Å²) in [5, 5.41) is 14.8. The molecule has 3 rings (SSSR count). The van der Waals surface area contributed by atoms with E-state index >= 15 is 0 Å². The van der Waals surface area contributed by atoms with E-state index in [1.807, 2.05) is 0 Å². The van der Waals surface area contributed by atoms with E-state index in [1.54, 1.807) is 0 Å². The van der Waals surface area contributed by atoms with Gasteiger partial charge in [0.25, 0.3) is 15.7 Å². The third-order valence-electron chi connectivity index (χ3n) is 3.66. The van der Waals surface area contributed by atoms with E-state index in [0.717, 1.165) is 18.2 Å². The summed E-state index contributed by atoms with van der Waals surface area (Å²) >= 11 is 5.90. The first-order valence-electron chi connectivity index (χ1n) is 7.31. The maximum atomic E-state index is 14.2. The Balaban J connectivity index is 1.96. The topological polar surface area (TPSA) is 120 Å². The van der Waals surface area contributed by atoms with Crippen molar-refractivity contribution >= 4 is 33.0 Å². The number of nitro groups is 1. The lowest BCUT2D eigenvalue weighted by atomic mass is 10.2. The van der Waals surface area contributed by atoms with Gasteiger partial charge in [0.1, 0.15) is 18.3 Å². The molecule has 0 saturated heterocycles. The van der Waals surface area contributed by atoms with E-state index in [-0.39, 0.29) is 22.0 Å². The van der Waals surface area contributed by atoms with Crippen LogP contribution >= 0.6 is 11.6 Å². The standard InChI is InChI=1S/C15H11ClFN5O4S/c1-9-12(16)5-11(6-15(9)22(23)24)27(25,26)20-10-2-3-14(13(17)4-10)21-8-18-7-19-21/h2-8,20H,1H3. The van der Waals surface area contributed by atoms with Crippen LogP contribution in [0.25, 0.3) is 5.69 Å². The van der Waals surface area contributed by atoms with Crippen LogP contribution in [0.2, 0.25) is 5.02 Å². The van der Waals surface area contributed by atoms with Crippen molar-refractivity contribution in [3.8, 4) is 5.69 Å². The van der Waals surface area contributed by atoms with Gasteiger partial charge in [-0.1, -0.05) is 11.6 Å². The summed E-state index contributed by atoms with van der Waals surface area (Å²) in [6.07, 6.45) is 2.51. The number of nitrogens with zero attached hydrogens (tertiary/aromatic N) is 4. The molecule has 140 valence electrons. The maximum Gasteiger partial charge on any atom is 0.275 e. The van der Waals surface area contributed by atoms with Gasteiger partial charge in [-0.05, 0) is 25.1 Å². The van der Waals surface area contributed by atoms with Gasteiger partial charge in [0.15, 0.2) is 5.82 Å². The van der Waals surface area contributed by atoms with Gasteiger partial charge in [0.2, 0.25) is 0 Å². The van der Waals surface area contributed by atoms with E-state index in [2.05, 4.69) is 14.8 Å². The molecule has 12 heteroatoms. The average molecular weight is 412 g/mol. The van der Waals surface area contributed by atoms with Crippen LogP contribution in [0.15, 0.2) is 47.9 Å². The number of nitrogens with one attached hydrogen (secondary N) is 1. The summed E-state index contributed by atoms with van der Waals surface area (Å²) in [5.74, 6) is -0.742. The Hall–Kier alpha value is -3.05. The highest BCUT2D eigenvalue weighted by Gasteiger charge is 2.23. The number of rotatable bonds is 5. The molecule has 0 radical (unpaired) electrons. The second-order valence-electron chi connectivity index (χ2n) is 5.42. The van der Waals surface area contributed by atoms with Gasteiger partial charge >= 0.3 is 0 Å². The fourth-order valence-corrected chi connectivity index (χ4v) is 3.66. The van der Waals surface area contributed by atoms with E-state index in [1.165, 1.54) is 36.4 Å². The first kappa shape index (κ1) is 18.7. The number of hydrogen-bond donors (Lipinski definition) is 1. The first-order chi connectivity index (χ1) is 12.7. The summed E-state index contributed by atoms with van der Waals surface area (Å²) in [7, 11) is -4.23. The van der Waals surface area contributed by atoms with E-state index in [9.17, 15) is 22.9 Å². The molecule has 2 aromatic carbocycles. The highest BCUT2D eigenvalue weighted by Crippen LogP contribution is 2.30. The van der Waals surface area contributed by atoms with Crippen molar-refractivity contribution in [3.63, 3.8) is 0 Å². The summed E-state index contributed by atoms with van der Waals surface area (Å²) in [5.41, 5.74) is -0.292. The minimum Gasteiger partial charge on any atom is -0.280 e. The van der Waals surface area contributed by atoms with Crippen molar-refractivity contribution in [1.82, 2.24) is 14.8 Å². The second-order valence-corrected chi connectivity index (χ2v) is 7.51. The minimum atomic E-state index is -4.23. The van der Waals surface area contributed by atoms with Gasteiger partial charge < -0.3 is 0 Å². The highest BCUT2D eigenvalue weighted by molar-refractivity contribution is 7.92. The van der Waals surface area contributed by atoms with Gasteiger partial charge in [0.05, 0.1) is 20.5 Å². The number of sulfonamides is 1. The molecule has 0 aliphatic rings. The van der Waals surface area contributed by atoms with Gasteiger partial charge in [0, 0.05) is 17.7 Å². The number of anilines is 1. The Kier molecular flexibility index (Phi) is 4.81. The molecule has 0 aliphatic carbocycles. The predicted octanol–water partition coefficient (Wildman–Crippen LogP) is 3.08. The van der Waals surface area contributed by atoms with Crippen LogP contribution in [0.5, 0.6) is 0 Å². The Morgan fingerprint density at radius 1 is 1.30 bits per heavy atom. The number of halogens is 2. The third-order valence-corrected chi connectivity index (χ3v) is 5.42. The van der Waals surface area contributed by atoms with Crippen molar-refractivity contribution in [1.29, 1.82) is 0 Å². The SMILES string of the molecule is Cc1c(Cl)cc(S(=O)(=O)Nc2ccc(-n3cncn3)c(F)c2)cc1[N+](=O)[O-]. The normalized spacial score (nSPS) is 11.4. The average Bonchev–Trinajstić information content (AvgIpc) is 3.10. The van der Waals surface area contributed by atoms with Crippen molar-refractivity contribution in [3.05, 3.63) is 69.5 Å². The maximum absolute atomic E-state index is 14.2. The molecule has 1 heterocycles. The molecule has 0 atom stereocenters. The lowest BCUT2D eigenvalue weighted by molar-refractivity contribution is -0.385. The molecule has 1 N–H and O–H groups in total. The van der Waals surface area contributed by atoms with Crippen LogP contribution < -0.4 is 4.72 Å². The van der Waals surface area contributed by atoms with Crippen molar-refractivity contribution in [2.75, 3.05) is 4.72 Å². The molecule has 1 aromatic heterocycles. The van der Waals surface area contributed by atoms with Crippen molar-refractivity contribution < 1.29 is 17.7 Å². The minimum absolute atomic E-state index is 0.0720. The lowest BCUT2D eigenvalue weighted by Gasteiger charge is -2.11. The van der Waals surface area contributed by atoms with Crippen LogP contribution in [0, 0.1) is 22.9 Å². The van der Waals surface area contributed by atoms with Gasteiger partial charge in [-0.2, -0.15) is 5.10 Å². The quantitative estimate of drug-likeness (QED) is 0.508. The summed E-state index contributed by atoms with van der Waals surface area (Å²) in [6, 6.07) is 5.57. The number of nitro benzene ring substituents is 1. The van der Waals surface area contributed by atoms with E-state index in [4.69, 9.17) is 11.6 Å². The fraction of sp³-hybridized carbons (Fsp3) is 0.0667.